The van der Waals surface area contributed by atoms with Gasteiger partial charge in [-0.3, -0.25) is 4.79 Å². The molecule has 26 heavy (non-hydrogen) atoms. The molecule has 0 bridgehead atoms. The molecule has 0 aliphatic carbocycles. The van der Waals surface area contributed by atoms with Crippen molar-refractivity contribution in [1.29, 1.82) is 0 Å². The Kier molecular flexibility index (Phi) is 4.75. The van der Waals surface area contributed by atoms with Gasteiger partial charge in [-0.25, -0.2) is 4.98 Å². The zero-order valence-electron chi connectivity index (χ0n) is 14.6. The van der Waals surface area contributed by atoms with Crippen molar-refractivity contribution in [2.45, 2.75) is 26.3 Å². The van der Waals surface area contributed by atoms with E-state index in [-0.39, 0.29) is 12.7 Å². The number of fused-ring (bicyclic) bond motifs is 2. The predicted molar refractivity (Wildman–Crippen MR) is 102 cm³/mol. The number of thiazole rings is 1. The van der Waals surface area contributed by atoms with Crippen LogP contribution >= 0.6 is 11.3 Å². The van der Waals surface area contributed by atoms with Gasteiger partial charge in [-0.05, 0) is 42.3 Å². The second kappa shape index (κ2) is 7.33. The van der Waals surface area contributed by atoms with Crippen molar-refractivity contribution in [3.63, 3.8) is 0 Å². The second-order valence-electron chi connectivity index (χ2n) is 6.30. The monoisotopic (exact) mass is 368 g/mol. The first-order chi connectivity index (χ1) is 12.7. The van der Waals surface area contributed by atoms with Crippen molar-refractivity contribution in [3.8, 4) is 11.5 Å². The Morgan fingerprint density at radius 2 is 2.08 bits per heavy atom. The minimum atomic E-state index is 0.0476. The van der Waals surface area contributed by atoms with E-state index in [4.69, 9.17) is 9.47 Å². The van der Waals surface area contributed by atoms with Crippen molar-refractivity contribution >= 4 is 27.5 Å². The number of aromatic nitrogens is 1. The molecular formula is C20H20N2O3S. The highest BCUT2D eigenvalue weighted by molar-refractivity contribution is 7.16. The summed E-state index contributed by atoms with van der Waals surface area (Å²) in [5.41, 5.74) is 4.49. The van der Waals surface area contributed by atoms with Crippen molar-refractivity contribution in [1.82, 2.24) is 9.88 Å². The number of rotatable bonds is 6. The smallest absolute Gasteiger partial charge is 0.254 e. The molecule has 2 aromatic carbocycles. The Balaban J connectivity index is 1.58. The summed E-state index contributed by atoms with van der Waals surface area (Å²) in [6.45, 7) is 3.67. The molecule has 1 aromatic heterocycles. The largest absolute Gasteiger partial charge is 0.454 e. The molecule has 1 amide bonds. The van der Waals surface area contributed by atoms with Crippen LogP contribution in [0.1, 0.15) is 35.7 Å². The van der Waals surface area contributed by atoms with Gasteiger partial charge in [-0.2, -0.15) is 0 Å². The number of carbonyl (C=O) groups is 1. The highest BCUT2D eigenvalue weighted by Gasteiger charge is 2.19. The van der Waals surface area contributed by atoms with Crippen molar-refractivity contribution in [3.05, 3.63) is 53.0 Å². The lowest BCUT2D eigenvalue weighted by atomic mass is 10.1. The molecule has 0 radical (unpaired) electrons. The molecule has 134 valence electrons. The van der Waals surface area contributed by atoms with Gasteiger partial charge in [0.15, 0.2) is 11.5 Å². The van der Waals surface area contributed by atoms with E-state index in [2.05, 4.69) is 11.9 Å². The van der Waals surface area contributed by atoms with E-state index in [0.717, 1.165) is 46.7 Å². The number of carbonyl (C=O) groups excluding carboxylic acids is 1. The maximum absolute atomic E-state index is 13.1. The van der Waals surface area contributed by atoms with Crippen LogP contribution in [0, 0.1) is 0 Å². The van der Waals surface area contributed by atoms with E-state index >= 15 is 0 Å². The highest BCUT2D eigenvalue weighted by atomic mass is 32.1. The second-order valence-corrected chi connectivity index (χ2v) is 7.19. The quantitative estimate of drug-likeness (QED) is 0.644. The van der Waals surface area contributed by atoms with Crippen molar-refractivity contribution in [2.24, 2.45) is 0 Å². The molecule has 2 heterocycles. The number of nitrogens with zero attached hydrogens (tertiary/aromatic N) is 2. The lowest BCUT2D eigenvalue weighted by Crippen LogP contribution is -2.31. The van der Waals surface area contributed by atoms with Crippen LogP contribution in [0.25, 0.3) is 10.2 Å². The standard InChI is InChI=1S/C20H20N2O3S/c1-2-3-8-22(11-14-4-7-17-18(9-14)25-13-24-17)20(23)15-5-6-16-19(10-15)26-12-21-16/h4-7,9-10,12H,2-3,8,11,13H2,1H3. The zero-order valence-corrected chi connectivity index (χ0v) is 15.4. The summed E-state index contributed by atoms with van der Waals surface area (Å²) in [5, 5.41) is 0. The van der Waals surface area contributed by atoms with Gasteiger partial charge in [-0.1, -0.05) is 19.4 Å². The molecule has 0 atom stereocenters. The third-order valence-corrected chi connectivity index (χ3v) is 5.25. The Morgan fingerprint density at radius 1 is 1.19 bits per heavy atom. The number of ether oxygens (including phenoxy) is 2. The van der Waals surface area contributed by atoms with Crippen LogP contribution < -0.4 is 9.47 Å². The third kappa shape index (κ3) is 3.37. The molecule has 0 unspecified atom stereocenters. The molecule has 4 rings (SSSR count). The molecule has 5 nitrogen and oxygen atoms in total. The first-order valence-corrected chi connectivity index (χ1v) is 9.63. The Bertz CT molecular complexity index is 938. The number of hydrogen-bond acceptors (Lipinski definition) is 5. The van der Waals surface area contributed by atoms with E-state index in [1.165, 1.54) is 0 Å². The lowest BCUT2D eigenvalue weighted by molar-refractivity contribution is 0.0741. The minimum Gasteiger partial charge on any atom is -0.454 e. The Hall–Kier alpha value is -2.60. The molecular weight excluding hydrogens is 348 g/mol. The zero-order chi connectivity index (χ0) is 17.9. The summed E-state index contributed by atoms with van der Waals surface area (Å²) in [6.07, 6.45) is 2.01. The summed E-state index contributed by atoms with van der Waals surface area (Å²) >= 11 is 1.55. The number of amides is 1. The summed E-state index contributed by atoms with van der Waals surface area (Å²) in [4.78, 5) is 19.3. The van der Waals surface area contributed by atoms with Gasteiger partial charge in [0.1, 0.15) is 0 Å². The van der Waals surface area contributed by atoms with E-state index in [0.29, 0.717) is 12.1 Å². The first kappa shape index (κ1) is 16.8. The predicted octanol–water partition coefficient (Wildman–Crippen LogP) is 4.47. The topological polar surface area (TPSA) is 51.7 Å². The van der Waals surface area contributed by atoms with Crippen molar-refractivity contribution in [2.75, 3.05) is 13.3 Å². The average Bonchev–Trinajstić information content (AvgIpc) is 3.32. The van der Waals surface area contributed by atoms with Crippen LogP contribution in [0.15, 0.2) is 41.9 Å². The summed E-state index contributed by atoms with van der Waals surface area (Å²) in [5.74, 6) is 1.55. The van der Waals surface area contributed by atoms with Crippen LogP contribution in [0.2, 0.25) is 0 Å². The molecule has 3 aromatic rings. The fourth-order valence-electron chi connectivity index (χ4n) is 3.03. The van der Waals surface area contributed by atoms with Crippen LogP contribution in [0.4, 0.5) is 0 Å². The number of benzene rings is 2. The molecule has 0 saturated carbocycles. The molecule has 6 heteroatoms. The SMILES string of the molecule is CCCCN(Cc1ccc2c(c1)OCO2)C(=O)c1ccc2ncsc2c1. The molecule has 1 aliphatic heterocycles. The average molecular weight is 368 g/mol. The maximum Gasteiger partial charge on any atom is 0.254 e. The molecule has 0 fully saturated rings. The van der Waals surface area contributed by atoms with Crippen LogP contribution in [-0.2, 0) is 6.54 Å². The van der Waals surface area contributed by atoms with E-state index < -0.39 is 0 Å². The number of hydrogen-bond donors (Lipinski definition) is 0. The van der Waals surface area contributed by atoms with E-state index in [9.17, 15) is 4.79 Å². The highest BCUT2D eigenvalue weighted by Crippen LogP contribution is 2.33. The summed E-state index contributed by atoms with van der Waals surface area (Å²) in [7, 11) is 0. The van der Waals surface area contributed by atoms with Crippen LogP contribution in [0.3, 0.4) is 0 Å². The molecule has 0 spiro atoms. The maximum atomic E-state index is 13.1. The summed E-state index contributed by atoms with van der Waals surface area (Å²) < 4.78 is 11.9. The molecule has 1 aliphatic rings. The normalized spacial score (nSPS) is 12.5. The van der Waals surface area contributed by atoms with Crippen LogP contribution in [0.5, 0.6) is 11.5 Å². The number of unbranched alkanes of at least 4 members (excludes halogenated alkanes) is 1. The Labute approximate surface area is 156 Å². The minimum absolute atomic E-state index is 0.0476. The Morgan fingerprint density at radius 3 is 2.96 bits per heavy atom. The first-order valence-electron chi connectivity index (χ1n) is 8.75. The molecule has 0 N–H and O–H groups in total. The van der Waals surface area contributed by atoms with E-state index in [1.54, 1.807) is 16.8 Å². The molecule has 0 saturated heterocycles. The van der Waals surface area contributed by atoms with Crippen LogP contribution in [-0.4, -0.2) is 29.1 Å². The van der Waals surface area contributed by atoms with Gasteiger partial charge >= 0.3 is 0 Å². The van der Waals surface area contributed by atoms with Gasteiger partial charge in [0.05, 0.1) is 15.7 Å². The van der Waals surface area contributed by atoms with Gasteiger partial charge in [0.25, 0.3) is 5.91 Å². The van der Waals surface area contributed by atoms with Gasteiger partial charge < -0.3 is 14.4 Å². The van der Waals surface area contributed by atoms with Gasteiger partial charge in [0, 0.05) is 18.7 Å². The lowest BCUT2D eigenvalue weighted by Gasteiger charge is -2.23. The van der Waals surface area contributed by atoms with Gasteiger partial charge in [-0.15, -0.1) is 11.3 Å². The van der Waals surface area contributed by atoms with Crippen molar-refractivity contribution < 1.29 is 14.3 Å². The fourth-order valence-corrected chi connectivity index (χ4v) is 3.75. The van der Waals surface area contributed by atoms with Gasteiger partial charge in [0.2, 0.25) is 6.79 Å². The fraction of sp³-hybridized carbons (Fsp3) is 0.300. The summed E-state index contributed by atoms with van der Waals surface area (Å²) in [6, 6.07) is 11.6. The van der Waals surface area contributed by atoms with E-state index in [1.807, 2.05) is 41.3 Å². The third-order valence-electron chi connectivity index (χ3n) is 4.46.